The van der Waals surface area contributed by atoms with E-state index < -0.39 is 0 Å². The van der Waals surface area contributed by atoms with Crippen molar-refractivity contribution in [3.05, 3.63) is 59.9 Å². The van der Waals surface area contributed by atoms with E-state index in [4.69, 9.17) is 0 Å². The maximum Gasteiger partial charge on any atom is 0.123 e. The van der Waals surface area contributed by atoms with Crippen molar-refractivity contribution in [1.82, 2.24) is 0 Å². The summed E-state index contributed by atoms with van der Waals surface area (Å²) in [6.45, 7) is 2.20. The molecule has 0 nitrogen and oxygen atoms in total. The Bertz CT molecular complexity index is 471. The van der Waals surface area contributed by atoms with Gasteiger partial charge in [0.1, 0.15) is 5.82 Å². The summed E-state index contributed by atoms with van der Waals surface area (Å²) in [4.78, 5) is 0. The minimum atomic E-state index is -0.183. The minimum absolute atomic E-state index is 0.183. The standard InChI is InChI=1S/C16H17F/c1-2-3-5-13-8-10-14(11-9-13)15-6-4-7-16(17)12-15/h4,6-12H,2-3,5H2,1H3. The lowest BCUT2D eigenvalue weighted by atomic mass is 10.0. The molecule has 0 saturated heterocycles. The Morgan fingerprint density at radius 2 is 1.71 bits per heavy atom. The summed E-state index contributed by atoms with van der Waals surface area (Å²) in [7, 11) is 0. The second-order valence-electron chi connectivity index (χ2n) is 4.31. The Morgan fingerprint density at radius 3 is 2.35 bits per heavy atom. The highest BCUT2D eigenvalue weighted by molar-refractivity contribution is 5.63. The Balaban J connectivity index is 2.17. The fourth-order valence-corrected chi connectivity index (χ4v) is 1.91. The topological polar surface area (TPSA) is 0 Å². The molecule has 0 heterocycles. The van der Waals surface area contributed by atoms with Crippen LogP contribution in [0.25, 0.3) is 11.1 Å². The van der Waals surface area contributed by atoms with Crippen LogP contribution >= 0.6 is 0 Å². The highest BCUT2D eigenvalue weighted by Crippen LogP contribution is 2.21. The molecule has 0 N–H and O–H groups in total. The van der Waals surface area contributed by atoms with E-state index in [0.717, 1.165) is 17.5 Å². The molecular formula is C16H17F. The molecule has 0 amide bonds. The molecule has 0 radical (unpaired) electrons. The fourth-order valence-electron chi connectivity index (χ4n) is 1.91. The average Bonchev–Trinajstić information content (AvgIpc) is 2.37. The predicted octanol–water partition coefficient (Wildman–Crippen LogP) is 4.84. The van der Waals surface area contributed by atoms with Gasteiger partial charge in [-0.1, -0.05) is 49.7 Å². The van der Waals surface area contributed by atoms with Gasteiger partial charge in [0.05, 0.1) is 0 Å². The highest BCUT2D eigenvalue weighted by Gasteiger charge is 1.99. The number of hydrogen-bond acceptors (Lipinski definition) is 0. The van der Waals surface area contributed by atoms with Gasteiger partial charge in [-0.2, -0.15) is 0 Å². The van der Waals surface area contributed by atoms with E-state index in [0.29, 0.717) is 0 Å². The van der Waals surface area contributed by atoms with Crippen LogP contribution in [0.5, 0.6) is 0 Å². The van der Waals surface area contributed by atoms with Gasteiger partial charge in [-0.05, 0) is 41.7 Å². The average molecular weight is 228 g/mol. The van der Waals surface area contributed by atoms with Crippen molar-refractivity contribution in [2.24, 2.45) is 0 Å². The summed E-state index contributed by atoms with van der Waals surface area (Å²) in [5.41, 5.74) is 3.36. The number of aryl methyl sites for hydroxylation is 1. The van der Waals surface area contributed by atoms with Crippen LogP contribution in [-0.2, 0) is 6.42 Å². The van der Waals surface area contributed by atoms with Crippen molar-refractivity contribution < 1.29 is 4.39 Å². The van der Waals surface area contributed by atoms with Crippen LogP contribution in [0.1, 0.15) is 25.3 Å². The quantitative estimate of drug-likeness (QED) is 0.702. The molecule has 2 rings (SSSR count). The van der Waals surface area contributed by atoms with E-state index >= 15 is 0 Å². The molecule has 17 heavy (non-hydrogen) atoms. The van der Waals surface area contributed by atoms with Gasteiger partial charge in [0, 0.05) is 0 Å². The molecule has 0 aliphatic heterocycles. The molecule has 0 aliphatic rings. The van der Waals surface area contributed by atoms with Crippen molar-refractivity contribution in [2.75, 3.05) is 0 Å². The molecule has 2 aromatic rings. The number of benzene rings is 2. The molecule has 0 saturated carbocycles. The smallest absolute Gasteiger partial charge is 0.123 e. The lowest BCUT2D eigenvalue weighted by Gasteiger charge is -2.04. The van der Waals surface area contributed by atoms with Crippen molar-refractivity contribution in [1.29, 1.82) is 0 Å². The lowest BCUT2D eigenvalue weighted by Crippen LogP contribution is -1.85. The second kappa shape index (κ2) is 5.62. The molecule has 0 aliphatic carbocycles. The lowest BCUT2D eigenvalue weighted by molar-refractivity contribution is 0.628. The molecule has 2 aromatic carbocycles. The Kier molecular flexibility index (Phi) is 3.92. The number of unbranched alkanes of at least 4 members (excludes halogenated alkanes) is 1. The van der Waals surface area contributed by atoms with Crippen LogP contribution in [0.15, 0.2) is 48.5 Å². The first-order valence-electron chi connectivity index (χ1n) is 6.14. The van der Waals surface area contributed by atoms with Crippen molar-refractivity contribution in [3.63, 3.8) is 0 Å². The first-order chi connectivity index (χ1) is 8.29. The van der Waals surface area contributed by atoms with E-state index in [1.54, 1.807) is 12.1 Å². The van der Waals surface area contributed by atoms with Crippen LogP contribution < -0.4 is 0 Å². The van der Waals surface area contributed by atoms with Crippen LogP contribution in [0.2, 0.25) is 0 Å². The van der Waals surface area contributed by atoms with Crippen LogP contribution in [0.3, 0.4) is 0 Å². The molecule has 0 bridgehead atoms. The fraction of sp³-hybridized carbons (Fsp3) is 0.250. The molecule has 0 spiro atoms. The Hall–Kier alpha value is -1.63. The third-order valence-electron chi connectivity index (χ3n) is 2.93. The number of rotatable bonds is 4. The third-order valence-corrected chi connectivity index (χ3v) is 2.93. The second-order valence-corrected chi connectivity index (χ2v) is 4.31. The summed E-state index contributed by atoms with van der Waals surface area (Å²) in [5.74, 6) is -0.183. The minimum Gasteiger partial charge on any atom is -0.207 e. The summed E-state index contributed by atoms with van der Waals surface area (Å²) >= 11 is 0. The van der Waals surface area contributed by atoms with Gasteiger partial charge in [0.15, 0.2) is 0 Å². The van der Waals surface area contributed by atoms with Crippen molar-refractivity contribution >= 4 is 0 Å². The summed E-state index contributed by atoms with van der Waals surface area (Å²) < 4.78 is 13.1. The Morgan fingerprint density at radius 1 is 0.941 bits per heavy atom. The van der Waals surface area contributed by atoms with Crippen LogP contribution in [0, 0.1) is 5.82 Å². The maximum absolute atomic E-state index is 13.1. The maximum atomic E-state index is 13.1. The first-order valence-corrected chi connectivity index (χ1v) is 6.14. The van der Waals surface area contributed by atoms with Gasteiger partial charge in [-0.15, -0.1) is 0 Å². The predicted molar refractivity (Wildman–Crippen MR) is 70.4 cm³/mol. The van der Waals surface area contributed by atoms with Gasteiger partial charge in [-0.25, -0.2) is 4.39 Å². The van der Waals surface area contributed by atoms with E-state index in [1.165, 1.54) is 24.5 Å². The normalized spacial score (nSPS) is 10.5. The van der Waals surface area contributed by atoms with Gasteiger partial charge < -0.3 is 0 Å². The summed E-state index contributed by atoms with van der Waals surface area (Å²) in [6, 6.07) is 15.1. The van der Waals surface area contributed by atoms with E-state index in [2.05, 4.69) is 31.2 Å². The molecular weight excluding hydrogens is 211 g/mol. The highest BCUT2D eigenvalue weighted by atomic mass is 19.1. The van der Waals surface area contributed by atoms with Crippen molar-refractivity contribution in [3.8, 4) is 11.1 Å². The van der Waals surface area contributed by atoms with Crippen LogP contribution in [-0.4, -0.2) is 0 Å². The largest absolute Gasteiger partial charge is 0.207 e. The van der Waals surface area contributed by atoms with Gasteiger partial charge in [0.2, 0.25) is 0 Å². The summed E-state index contributed by atoms with van der Waals surface area (Å²) in [5, 5.41) is 0. The van der Waals surface area contributed by atoms with Crippen LogP contribution in [0.4, 0.5) is 4.39 Å². The first kappa shape index (κ1) is 11.8. The SMILES string of the molecule is CCCCc1ccc(-c2cccc(F)c2)cc1. The third kappa shape index (κ3) is 3.16. The van der Waals surface area contributed by atoms with E-state index in [1.807, 2.05) is 6.07 Å². The molecule has 0 atom stereocenters. The summed E-state index contributed by atoms with van der Waals surface area (Å²) in [6.07, 6.45) is 3.56. The van der Waals surface area contributed by atoms with E-state index in [-0.39, 0.29) is 5.82 Å². The number of hydrogen-bond donors (Lipinski definition) is 0. The van der Waals surface area contributed by atoms with Gasteiger partial charge in [0.25, 0.3) is 0 Å². The van der Waals surface area contributed by atoms with Crippen molar-refractivity contribution in [2.45, 2.75) is 26.2 Å². The zero-order valence-corrected chi connectivity index (χ0v) is 10.1. The van der Waals surface area contributed by atoms with Gasteiger partial charge >= 0.3 is 0 Å². The van der Waals surface area contributed by atoms with E-state index in [9.17, 15) is 4.39 Å². The molecule has 1 heteroatoms. The zero-order valence-electron chi connectivity index (χ0n) is 10.1. The molecule has 0 unspecified atom stereocenters. The molecule has 0 fully saturated rings. The molecule has 0 aromatic heterocycles. The monoisotopic (exact) mass is 228 g/mol. The number of halogens is 1. The zero-order chi connectivity index (χ0) is 12.1. The molecule has 88 valence electrons. The Labute approximate surface area is 102 Å². The van der Waals surface area contributed by atoms with Gasteiger partial charge in [-0.3, -0.25) is 0 Å².